The van der Waals surface area contributed by atoms with Crippen molar-refractivity contribution < 1.29 is 9.18 Å². The molecule has 2 aromatic rings. The Balaban J connectivity index is 2.32. The molecule has 0 spiro atoms. The van der Waals surface area contributed by atoms with Crippen LogP contribution in [0.2, 0.25) is 0 Å². The van der Waals surface area contributed by atoms with Crippen molar-refractivity contribution in [3.8, 4) is 0 Å². The highest BCUT2D eigenvalue weighted by Gasteiger charge is 2.13. The molecule has 0 aromatic heterocycles. The van der Waals surface area contributed by atoms with Gasteiger partial charge in [0.15, 0.2) is 0 Å². The summed E-state index contributed by atoms with van der Waals surface area (Å²) in [5.41, 5.74) is 7.77. The summed E-state index contributed by atoms with van der Waals surface area (Å²) in [6.07, 6.45) is 0. The normalized spacial score (nSPS) is 10.4. The number of hydrogen-bond donors (Lipinski definition) is 2. The molecule has 0 unspecified atom stereocenters. The van der Waals surface area contributed by atoms with Crippen LogP contribution in [0.5, 0.6) is 0 Å². The predicted octanol–water partition coefficient (Wildman–Crippen LogP) is 4.49. The Morgan fingerprint density at radius 2 is 1.90 bits per heavy atom. The third-order valence-corrected chi connectivity index (χ3v) is 4.05. The van der Waals surface area contributed by atoms with Gasteiger partial charge in [0.05, 0.1) is 10.0 Å². The minimum Gasteiger partial charge on any atom is -0.399 e. The van der Waals surface area contributed by atoms with Gasteiger partial charge in [-0.25, -0.2) is 4.39 Å². The number of carbonyl (C=O) groups excluding carboxylic acids is 1. The lowest BCUT2D eigenvalue weighted by molar-refractivity contribution is 0.102. The predicted molar refractivity (Wildman–Crippen MR) is 85.3 cm³/mol. The van der Waals surface area contributed by atoms with Crippen molar-refractivity contribution in [3.05, 3.63) is 56.2 Å². The fraction of sp³-hybridized carbons (Fsp3) is 0.0714. The number of nitrogens with two attached hydrogens (primary N) is 1. The Kier molecular flexibility index (Phi) is 4.45. The van der Waals surface area contributed by atoms with Gasteiger partial charge in [-0.1, -0.05) is 0 Å². The lowest BCUT2D eigenvalue weighted by atomic mass is 10.1. The summed E-state index contributed by atoms with van der Waals surface area (Å²) in [7, 11) is 0. The van der Waals surface area contributed by atoms with Crippen molar-refractivity contribution in [1.29, 1.82) is 0 Å². The molecule has 0 radical (unpaired) electrons. The number of rotatable bonds is 2. The van der Waals surface area contributed by atoms with Crippen LogP contribution < -0.4 is 11.1 Å². The smallest absolute Gasteiger partial charge is 0.256 e. The molecule has 0 atom stereocenters. The summed E-state index contributed by atoms with van der Waals surface area (Å²) < 4.78 is 14.3. The summed E-state index contributed by atoms with van der Waals surface area (Å²) in [6.45, 7) is 1.72. The van der Waals surface area contributed by atoms with E-state index >= 15 is 0 Å². The van der Waals surface area contributed by atoms with Crippen LogP contribution in [0.25, 0.3) is 0 Å². The number of hydrogen-bond acceptors (Lipinski definition) is 2. The van der Waals surface area contributed by atoms with Crippen molar-refractivity contribution in [1.82, 2.24) is 0 Å². The summed E-state index contributed by atoms with van der Waals surface area (Å²) in [5, 5.41) is 2.74. The van der Waals surface area contributed by atoms with Gasteiger partial charge in [-0.05, 0) is 74.7 Å². The summed E-state index contributed by atoms with van der Waals surface area (Å²) in [6, 6.07) is 7.86. The first-order valence-corrected chi connectivity index (χ1v) is 7.29. The van der Waals surface area contributed by atoms with Crippen molar-refractivity contribution in [2.45, 2.75) is 6.92 Å². The van der Waals surface area contributed by atoms with Gasteiger partial charge >= 0.3 is 0 Å². The van der Waals surface area contributed by atoms with Crippen LogP contribution in [0.15, 0.2) is 39.3 Å². The van der Waals surface area contributed by atoms with Gasteiger partial charge in [0, 0.05) is 15.8 Å². The number of nitrogens with one attached hydrogen (secondary N) is 1. The number of amides is 1. The zero-order valence-corrected chi connectivity index (χ0v) is 13.7. The van der Waals surface area contributed by atoms with Crippen molar-refractivity contribution in [2.24, 2.45) is 0 Å². The zero-order valence-electron chi connectivity index (χ0n) is 10.5. The molecule has 20 heavy (non-hydrogen) atoms. The highest BCUT2D eigenvalue weighted by atomic mass is 79.9. The van der Waals surface area contributed by atoms with Crippen LogP contribution in [-0.4, -0.2) is 5.91 Å². The average Bonchev–Trinajstić information content (AvgIpc) is 2.38. The van der Waals surface area contributed by atoms with Gasteiger partial charge in [0.1, 0.15) is 5.82 Å². The number of carbonyl (C=O) groups is 1. The van der Waals surface area contributed by atoms with Gasteiger partial charge in [-0.2, -0.15) is 0 Å². The third kappa shape index (κ3) is 3.19. The second-order valence-corrected chi connectivity index (χ2v) is 5.98. The van der Waals surface area contributed by atoms with Gasteiger partial charge in [-0.15, -0.1) is 0 Å². The van der Waals surface area contributed by atoms with Crippen LogP contribution in [0.3, 0.4) is 0 Å². The van der Waals surface area contributed by atoms with E-state index in [2.05, 4.69) is 37.2 Å². The molecule has 0 aliphatic carbocycles. The molecule has 0 heterocycles. The average molecular weight is 402 g/mol. The highest BCUT2D eigenvalue weighted by Crippen LogP contribution is 2.26. The monoisotopic (exact) mass is 400 g/mol. The van der Waals surface area contributed by atoms with Crippen LogP contribution in [-0.2, 0) is 0 Å². The topological polar surface area (TPSA) is 55.1 Å². The molecule has 104 valence electrons. The lowest BCUT2D eigenvalue weighted by Gasteiger charge is -2.11. The van der Waals surface area contributed by atoms with E-state index in [1.54, 1.807) is 25.1 Å². The second-order valence-electron chi connectivity index (χ2n) is 4.27. The Morgan fingerprint density at radius 3 is 2.60 bits per heavy atom. The summed E-state index contributed by atoms with van der Waals surface area (Å²) in [5.74, 6) is -0.684. The molecule has 1 amide bonds. The van der Waals surface area contributed by atoms with Gasteiger partial charge < -0.3 is 11.1 Å². The first-order valence-electron chi connectivity index (χ1n) is 5.70. The minimum atomic E-state index is -0.370. The largest absolute Gasteiger partial charge is 0.399 e. The molecule has 2 rings (SSSR count). The van der Waals surface area contributed by atoms with Gasteiger partial charge in [-0.3, -0.25) is 4.79 Å². The van der Waals surface area contributed by atoms with E-state index in [9.17, 15) is 9.18 Å². The molecule has 0 saturated carbocycles. The molecule has 0 aliphatic rings. The molecule has 6 heteroatoms. The van der Waals surface area contributed by atoms with Crippen LogP contribution in [0.1, 0.15) is 15.9 Å². The number of aryl methyl sites for hydroxylation is 1. The maximum absolute atomic E-state index is 13.4. The van der Waals surface area contributed by atoms with E-state index in [1.165, 1.54) is 12.1 Å². The van der Waals surface area contributed by atoms with Crippen molar-refractivity contribution in [2.75, 3.05) is 11.1 Å². The number of benzene rings is 2. The van der Waals surface area contributed by atoms with Crippen molar-refractivity contribution >= 4 is 49.1 Å². The molecular weight excluding hydrogens is 391 g/mol. The lowest BCUT2D eigenvalue weighted by Crippen LogP contribution is -2.14. The summed E-state index contributed by atoms with van der Waals surface area (Å²) >= 11 is 6.40. The Morgan fingerprint density at radius 1 is 1.20 bits per heavy atom. The maximum atomic E-state index is 13.4. The van der Waals surface area contributed by atoms with E-state index in [-0.39, 0.29) is 11.7 Å². The van der Waals surface area contributed by atoms with Gasteiger partial charge in [0.25, 0.3) is 5.91 Å². The number of anilines is 2. The van der Waals surface area contributed by atoms with E-state index < -0.39 is 0 Å². The van der Waals surface area contributed by atoms with Crippen LogP contribution in [0, 0.1) is 12.7 Å². The second kappa shape index (κ2) is 5.93. The van der Waals surface area contributed by atoms with E-state index in [1.807, 2.05) is 0 Å². The molecule has 3 N–H and O–H groups in total. The quantitative estimate of drug-likeness (QED) is 0.728. The Hall–Kier alpha value is -1.40. The molecule has 3 nitrogen and oxygen atoms in total. The molecule has 2 aromatic carbocycles. The molecule has 0 aliphatic heterocycles. The SMILES string of the molecule is Cc1cc(F)c(Br)cc1NC(=O)c1cc(N)ccc1Br. The molecule has 0 fully saturated rings. The first-order chi connectivity index (χ1) is 9.38. The highest BCUT2D eigenvalue weighted by molar-refractivity contribution is 9.10. The molecule has 0 saturated heterocycles. The zero-order chi connectivity index (χ0) is 14.9. The van der Waals surface area contributed by atoms with E-state index in [0.29, 0.717) is 31.4 Å². The van der Waals surface area contributed by atoms with Crippen LogP contribution >= 0.6 is 31.9 Å². The van der Waals surface area contributed by atoms with Gasteiger partial charge in [0.2, 0.25) is 0 Å². The molecular formula is C14H11Br2FN2O. The first kappa shape index (κ1) is 15.0. The molecule has 0 bridgehead atoms. The fourth-order valence-corrected chi connectivity index (χ4v) is 2.46. The number of halogens is 3. The van der Waals surface area contributed by atoms with Crippen molar-refractivity contribution in [3.63, 3.8) is 0 Å². The summed E-state index contributed by atoms with van der Waals surface area (Å²) in [4.78, 5) is 12.2. The third-order valence-electron chi connectivity index (χ3n) is 2.75. The van der Waals surface area contributed by atoms with E-state index in [4.69, 9.17) is 5.73 Å². The standard InChI is InChI=1S/C14H11Br2FN2O/c1-7-4-12(17)11(16)6-13(7)19-14(20)9-5-8(18)2-3-10(9)15/h2-6H,18H2,1H3,(H,19,20). The fourth-order valence-electron chi connectivity index (χ4n) is 1.69. The van der Waals surface area contributed by atoms with Crippen LogP contribution in [0.4, 0.5) is 15.8 Å². The Labute approximate surface area is 132 Å². The minimum absolute atomic E-state index is 0.296. The Bertz CT molecular complexity index is 689. The number of nitrogen functional groups attached to an aromatic ring is 1. The maximum Gasteiger partial charge on any atom is 0.256 e. The van der Waals surface area contributed by atoms with E-state index in [0.717, 1.165) is 0 Å².